The molecular formula is C15H14Br2N2O2. The average molecular weight is 414 g/mol. The van der Waals surface area contributed by atoms with E-state index in [1.807, 2.05) is 19.1 Å². The largest absolute Gasteiger partial charge is 0.484 e. The minimum Gasteiger partial charge on any atom is -0.484 e. The lowest BCUT2D eigenvalue weighted by atomic mass is 10.2. The topological polar surface area (TPSA) is 64.3 Å². The zero-order chi connectivity index (χ0) is 15.4. The van der Waals surface area contributed by atoms with Crippen LogP contribution in [0, 0.1) is 6.92 Å². The van der Waals surface area contributed by atoms with Crippen LogP contribution in [0.3, 0.4) is 0 Å². The molecular weight excluding hydrogens is 400 g/mol. The Labute approximate surface area is 139 Å². The van der Waals surface area contributed by atoms with Crippen molar-refractivity contribution < 1.29 is 9.53 Å². The standard InChI is InChI=1S/C15H14Br2N2O2/c1-9-6-11(18)7-13(17)15(9)19-14(20)8-21-12-4-2-10(16)3-5-12/h2-7H,8,18H2,1H3,(H,19,20). The number of amides is 1. The molecule has 2 aromatic rings. The zero-order valence-corrected chi connectivity index (χ0v) is 14.5. The van der Waals surface area contributed by atoms with Crippen LogP contribution in [0.15, 0.2) is 45.3 Å². The number of ether oxygens (including phenoxy) is 1. The van der Waals surface area contributed by atoms with E-state index in [-0.39, 0.29) is 12.5 Å². The van der Waals surface area contributed by atoms with Gasteiger partial charge in [0.05, 0.1) is 5.69 Å². The number of hydrogen-bond donors (Lipinski definition) is 2. The molecule has 0 spiro atoms. The number of aryl methyl sites for hydroxylation is 1. The van der Waals surface area contributed by atoms with Crippen LogP contribution in [0.2, 0.25) is 0 Å². The molecule has 0 aromatic heterocycles. The second kappa shape index (κ2) is 6.95. The fourth-order valence-corrected chi connectivity index (χ4v) is 2.72. The van der Waals surface area contributed by atoms with Gasteiger partial charge in [0.2, 0.25) is 0 Å². The number of anilines is 2. The Kier molecular flexibility index (Phi) is 5.25. The van der Waals surface area contributed by atoms with Crippen LogP contribution < -0.4 is 15.8 Å². The number of benzene rings is 2. The maximum atomic E-state index is 11.9. The van der Waals surface area contributed by atoms with Gasteiger partial charge in [-0.05, 0) is 64.8 Å². The molecule has 0 saturated carbocycles. The summed E-state index contributed by atoms with van der Waals surface area (Å²) in [5, 5.41) is 2.81. The highest BCUT2D eigenvalue weighted by atomic mass is 79.9. The highest BCUT2D eigenvalue weighted by molar-refractivity contribution is 9.10. The van der Waals surface area contributed by atoms with Gasteiger partial charge in [-0.2, -0.15) is 0 Å². The van der Waals surface area contributed by atoms with Crippen molar-refractivity contribution in [3.8, 4) is 5.75 Å². The number of carbonyl (C=O) groups is 1. The second-order valence-corrected chi connectivity index (χ2v) is 6.26. The van der Waals surface area contributed by atoms with E-state index in [1.54, 1.807) is 24.3 Å². The summed E-state index contributed by atoms with van der Waals surface area (Å²) in [4.78, 5) is 11.9. The van der Waals surface area contributed by atoms with Gasteiger partial charge in [-0.1, -0.05) is 15.9 Å². The van der Waals surface area contributed by atoms with Crippen molar-refractivity contribution in [1.82, 2.24) is 0 Å². The first-order chi connectivity index (χ1) is 9.95. The van der Waals surface area contributed by atoms with Crippen LogP contribution in [0.1, 0.15) is 5.56 Å². The van der Waals surface area contributed by atoms with E-state index in [0.717, 1.165) is 14.5 Å². The molecule has 21 heavy (non-hydrogen) atoms. The summed E-state index contributed by atoms with van der Waals surface area (Å²) in [7, 11) is 0. The molecule has 6 heteroatoms. The highest BCUT2D eigenvalue weighted by Gasteiger charge is 2.10. The summed E-state index contributed by atoms with van der Waals surface area (Å²) in [6.45, 7) is 1.82. The maximum Gasteiger partial charge on any atom is 0.262 e. The molecule has 2 rings (SSSR count). The van der Waals surface area contributed by atoms with Crippen molar-refractivity contribution >= 4 is 49.1 Å². The molecule has 2 aromatic carbocycles. The monoisotopic (exact) mass is 412 g/mol. The average Bonchev–Trinajstić information content (AvgIpc) is 2.42. The number of nitrogens with two attached hydrogens (primary N) is 1. The molecule has 0 atom stereocenters. The summed E-state index contributed by atoms with van der Waals surface area (Å²) in [5.41, 5.74) is 7.97. The lowest BCUT2D eigenvalue weighted by Crippen LogP contribution is -2.21. The van der Waals surface area contributed by atoms with Crippen molar-refractivity contribution in [3.63, 3.8) is 0 Å². The zero-order valence-electron chi connectivity index (χ0n) is 11.3. The molecule has 4 nitrogen and oxygen atoms in total. The van der Waals surface area contributed by atoms with E-state index < -0.39 is 0 Å². The van der Waals surface area contributed by atoms with Crippen LogP contribution in [-0.4, -0.2) is 12.5 Å². The van der Waals surface area contributed by atoms with Gasteiger partial charge in [-0.15, -0.1) is 0 Å². The molecule has 0 aliphatic heterocycles. The van der Waals surface area contributed by atoms with Crippen LogP contribution >= 0.6 is 31.9 Å². The number of halogens is 2. The number of nitrogen functional groups attached to an aromatic ring is 1. The first kappa shape index (κ1) is 15.9. The van der Waals surface area contributed by atoms with E-state index in [0.29, 0.717) is 17.1 Å². The first-order valence-electron chi connectivity index (χ1n) is 6.19. The van der Waals surface area contributed by atoms with E-state index in [4.69, 9.17) is 10.5 Å². The van der Waals surface area contributed by atoms with Crippen molar-refractivity contribution in [2.24, 2.45) is 0 Å². The van der Waals surface area contributed by atoms with Crippen LogP contribution in [0.5, 0.6) is 5.75 Å². The number of hydrogen-bond acceptors (Lipinski definition) is 3. The summed E-state index contributed by atoms with van der Waals surface area (Å²) in [6, 6.07) is 10.8. The lowest BCUT2D eigenvalue weighted by molar-refractivity contribution is -0.118. The maximum absolute atomic E-state index is 11.9. The van der Waals surface area contributed by atoms with Crippen LogP contribution in [0.4, 0.5) is 11.4 Å². The summed E-state index contributed by atoms with van der Waals surface area (Å²) in [6.07, 6.45) is 0. The SMILES string of the molecule is Cc1cc(N)cc(Br)c1NC(=O)COc1ccc(Br)cc1. The van der Waals surface area contributed by atoms with Gasteiger partial charge in [0.15, 0.2) is 6.61 Å². The van der Waals surface area contributed by atoms with Gasteiger partial charge < -0.3 is 15.8 Å². The van der Waals surface area contributed by atoms with Crippen molar-refractivity contribution in [1.29, 1.82) is 0 Å². The summed E-state index contributed by atoms with van der Waals surface area (Å²) < 4.78 is 7.13. The van der Waals surface area contributed by atoms with Crippen molar-refractivity contribution in [2.45, 2.75) is 6.92 Å². The van der Waals surface area contributed by atoms with Crippen LogP contribution in [-0.2, 0) is 4.79 Å². The smallest absolute Gasteiger partial charge is 0.262 e. The Morgan fingerprint density at radius 2 is 1.90 bits per heavy atom. The van der Waals surface area contributed by atoms with Gasteiger partial charge in [0.25, 0.3) is 5.91 Å². The van der Waals surface area contributed by atoms with E-state index in [1.165, 1.54) is 0 Å². The van der Waals surface area contributed by atoms with Crippen molar-refractivity contribution in [2.75, 3.05) is 17.7 Å². The lowest BCUT2D eigenvalue weighted by Gasteiger charge is -2.12. The fraction of sp³-hybridized carbons (Fsp3) is 0.133. The normalized spacial score (nSPS) is 10.2. The minimum atomic E-state index is -0.230. The Morgan fingerprint density at radius 1 is 1.24 bits per heavy atom. The summed E-state index contributed by atoms with van der Waals surface area (Å²) in [5.74, 6) is 0.410. The van der Waals surface area contributed by atoms with Gasteiger partial charge in [-0.3, -0.25) is 4.79 Å². The minimum absolute atomic E-state index is 0.0576. The number of carbonyl (C=O) groups excluding carboxylic acids is 1. The van der Waals surface area contributed by atoms with Crippen LogP contribution in [0.25, 0.3) is 0 Å². The first-order valence-corrected chi connectivity index (χ1v) is 7.78. The van der Waals surface area contributed by atoms with E-state index in [9.17, 15) is 4.79 Å². The predicted octanol–water partition coefficient (Wildman–Crippen LogP) is 4.12. The van der Waals surface area contributed by atoms with E-state index >= 15 is 0 Å². The Hall–Kier alpha value is -1.53. The molecule has 3 N–H and O–H groups in total. The molecule has 1 amide bonds. The summed E-state index contributed by atoms with van der Waals surface area (Å²) >= 11 is 6.73. The quantitative estimate of drug-likeness (QED) is 0.741. The van der Waals surface area contributed by atoms with Gasteiger partial charge in [-0.25, -0.2) is 0 Å². The Morgan fingerprint density at radius 3 is 2.52 bits per heavy atom. The fourth-order valence-electron chi connectivity index (χ4n) is 1.78. The Balaban J connectivity index is 1.97. The molecule has 0 heterocycles. The predicted molar refractivity (Wildman–Crippen MR) is 91.6 cm³/mol. The number of rotatable bonds is 4. The molecule has 110 valence electrons. The number of nitrogens with one attached hydrogen (secondary N) is 1. The third-order valence-corrected chi connectivity index (χ3v) is 3.91. The Bertz CT molecular complexity index is 634. The van der Waals surface area contributed by atoms with Crippen molar-refractivity contribution in [3.05, 3.63) is 50.9 Å². The third kappa shape index (κ3) is 4.47. The van der Waals surface area contributed by atoms with E-state index in [2.05, 4.69) is 37.2 Å². The molecule has 0 radical (unpaired) electrons. The molecule has 0 aliphatic carbocycles. The highest BCUT2D eigenvalue weighted by Crippen LogP contribution is 2.29. The molecule has 0 unspecified atom stereocenters. The van der Waals surface area contributed by atoms with Gasteiger partial charge >= 0.3 is 0 Å². The molecule has 0 fully saturated rings. The third-order valence-electron chi connectivity index (χ3n) is 2.76. The van der Waals surface area contributed by atoms with Gasteiger partial charge in [0, 0.05) is 14.6 Å². The van der Waals surface area contributed by atoms with Gasteiger partial charge in [0.1, 0.15) is 5.75 Å². The molecule has 0 saturated heterocycles. The second-order valence-electron chi connectivity index (χ2n) is 4.49. The molecule has 0 aliphatic rings. The molecule has 0 bridgehead atoms.